The molecule has 0 amide bonds. The summed E-state index contributed by atoms with van der Waals surface area (Å²) < 4.78 is 39.6. The molecular weight excluding hydrogens is 320 g/mol. The minimum Gasteiger partial charge on any atom is -0.497 e. The number of nitrogens with zero attached hydrogens (tertiary/aromatic N) is 2. The molecule has 1 aromatic carbocycles. The van der Waals surface area contributed by atoms with E-state index >= 15 is 0 Å². The maximum Gasteiger partial charge on any atom is 0.264 e. The third kappa shape index (κ3) is 4.70. The van der Waals surface area contributed by atoms with Crippen LogP contribution < -0.4 is 9.47 Å². The average molecular weight is 340 g/mol. The second-order valence-corrected chi connectivity index (χ2v) is 6.74. The molecule has 0 fully saturated rings. The molecule has 0 unspecified atom stereocenters. The lowest BCUT2D eigenvalue weighted by atomic mass is 10.2. The fourth-order valence-electron chi connectivity index (χ4n) is 1.94. The minimum absolute atomic E-state index is 0.101. The van der Waals surface area contributed by atoms with Gasteiger partial charge in [0.2, 0.25) is 5.88 Å². The number of methoxy groups -OCH3 is 1. The number of benzene rings is 1. The number of ether oxygens (including phenoxy) is 2. The van der Waals surface area contributed by atoms with Crippen LogP contribution in [0.25, 0.3) is 0 Å². The monoisotopic (exact) mass is 340 g/mol. The fraction of sp³-hybridized carbons (Fsp3) is 0.400. The second kappa shape index (κ2) is 7.01. The van der Waals surface area contributed by atoms with Crippen molar-refractivity contribution in [3.05, 3.63) is 41.1 Å². The molecule has 7 nitrogen and oxygen atoms in total. The van der Waals surface area contributed by atoms with Gasteiger partial charge in [-0.25, -0.2) is 0 Å². The molecule has 0 aliphatic carbocycles. The van der Waals surface area contributed by atoms with E-state index in [-0.39, 0.29) is 6.61 Å². The van der Waals surface area contributed by atoms with Crippen molar-refractivity contribution < 1.29 is 22.1 Å². The summed E-state index contributed by atoms with van der Waals surface area (Å²) in [4.78, 5) is 0. The highest BCUT2D eigenvalue weighted by Gasteiger charge is 2.17. The van der Waals surface area contributed by atoms with Crippen molar-refractivity contribution >= 4 is 10.1 Å². The third-order valence-electron chi connectivity index (χ3n) is 3.37. The van der Waals surface area contributed by atoms with Gasteiger partial charge >= 0.3 is 0 Å². The van der Waals surface area contributed by atoms with Crippen LogP contribution in [0.1, 0.15) is 16.8 Å². The van der Waals surface area contributed by atoms with E-state index in [1.165, 1.54) is 0 Å². The summed E-state index contributed by atoms with van der Waals surface area (Å²) in [6.45, 7) is 2.04. The molecule has 8 heteroatoms. The van der Waals surface area contributed by atoms with Crippen LogP contribution in [0.4, 0.5) is 0 Å². The lowest BCUT2D eigenvalue weighted by molar-refractivity contribution is 0.269. The molecule has 0 aliphatic heterocycles. The Morgan fingerprint density at radius 1 is 1.17 bits per heavy atom. The average Bonchev–Trinajstić information content (AvgIpc) is 2.77. The summed E-state index contributed by atoms with van der Waals surface area (Å²) in [5.41, 5.74) is 2.36. The van der Waals surface area contributed by atoms with E-state index < -0.39 is 10.1 Å². The lowest BCUT2D eigenvalue weighted by Crippen LogP contribution is -2.05. The first-order chi connectivity index (χ1) is 10.8. The zero-order valence-corrected chi connectivity index (χ0v) is 14.4. The van der Waals surface area contributed by atoms with Crippen molar-refractivity contribution in [3.8, 4) is 11.6 Å². The molecule has 1 heterocycles. The number of hydrogen-bond donors (Lipinski definition) is 0. The Kier molecular flexibility index (Phi) is 5.27. The van der Waals surface area contributed by atoms with E-state index in [0.29, 0.717) is 18.1 Å². The van der Waals surface area contributed by atoms with Crippen LogP contribution >= 0.6 is 0 Å². The first-order valence-electron chi connectivity index (χ1n) is 6.92. The molecule has 126 valence electrons. The summed E-state index contributed by atoms with van der Waals surface area (Å²) in [5, 5.41) is 4.25. The van der Waals surface area contributed by atoms with Crippen molar-refractivity contribution in [1.29, 1.82) is 0 Å². The molecule has 2 aromatic rings. The third-order valence-corrected chi connectivity index (χ3v) is 3.92. The number of aromatic nitrogens is 2. The molecule has 0 aliphatic rings. The second-order valence-electron chi connectivity index (χ2n) is 5.10. The van der Waals surface area contributed by atoms with Gasteiger partial charge in [-0.2, -0.15) is 8.42 Å². The van der Waals surface area contributed by atoms with E-state index in [1.54, 1.807) is 18.8 Å². The first kappa shape index (κ1) is 17.3. The maximum absolute atomic E-state index is 11.2. The van der Waals surface area contributed by atoms with Crippen molar-refractivity contribution in [2.75, 3.05) is 13.4 Å². The van der Waals surface area contributed by atoms with E-state index in [9.17, 15) is 8.42 Å². The maximum atomic E-state index is 11.2. The predicted molar refractivity (Wildman–Crippen MR) is 84.9 cm³/mol. The highest BCUT2D eigenvalue weighted by atomic mass is 32.2. The molecule has 2 rings (SSSR count). The van der Waals surface area contributed by atoms with Gasteiger partial charge in [0.25, 0.3) is 10.1 Å². The van der Waals surface area contributed by atoms with E-state index in [2.05, 4.69) is 5.10 Å². The highest BCUT2D eigenvalue weighted by Crippen LogP contribution is 2.23. The minimum atomic E-state index is -3.53. The topological polar surface area (TPSA) is 79.7 Å². The normalized spacial score (nSPS) is 11.5. The zero-order chi connectivity index (χ0) is 17.0. The van der Waals surface area contributed by atoms with Crippen LogP contribution in [0.3, 0.4) is 0 Å². The van der Waals surface area contributed by atoms with Crippen LogP contribution in [0.5, 0.6) is 11.6 Å². The van der Waals surface area contributed by atoms with Crippen molar-refractivity contribution in [3.63, 3.8) is 0 Å². The molecule has 23 heavy (non-hydrogen) atoms. The van der Waals surface area contributed by atoms with Gasteiger partial charge in [-0.15, -0.1) is 5.10 Å². The smallest absolute Gasteiger partial charge is 0.264 e. The molecular formula is C15H20N2O5S. The Balaban J connectivity index is 2.10. The Labute approximate surface area is 135 Å². The molecule has 0 N–H and O–H groups in total. The van der Waals surface area contributed by atoms with Crippen molar-refractivity contribution in [2.24, 2.45) is 7.05 Å². The Bertz CT molecular complexity index is 766. The van der Waals surface area contributed by atoms with Gasteiger partial charge in [-0.3, -0.25) is 8.86 Å². The lowest BCUT2D eigenvalue weighted by Gasteiger charge is -2.07. The standard InChI is InChI=1S/C15H20N2O5S/c1-11-14(10-22-23(4,18)19)15(16-17(11)2)21-9-12-5-7-13(20-3)8-6-12/h5-8H,9-10H2,1-4H3. The van der Waals surface area contributed by atoms with E-state index in [0.717, 1.165) is 23.3 Å². The summed E-state index contributed by atoms with van der Waals surface area (Å²) in [7, 11) is -0.157. The van der Waals surface area contributed by atoms with Gasteiger partial charge in [-0.05, 0) is 24.6 Å². The van der Waals surface area contributed by atoms with E-state index in [4.69, 9.17) is 13.7 Å². The quantitative estimate of drug-likeness (QED) is 0.715. The molecule has 0 atom stereocenters. The van der Waals surface area contributed by atoms with Gasteiger partial charge in [0.1, 0.15) is 12.4 Å². The number of rotatable bonds is 7. The summed E-state index contributed by atoms with van der Waals surface area (Å²) in [6.07, 6.45) is 1.01. The fourth-order valence-corrected chi connectivity index (χ4v) is 2.28. The SMILES string of the molecule is COc1ccc(COc2nn(C)c(C)c2COS(C)(=O)=O)cc1. The largest absolute Gasteiger partial charge is 0.497 e. The van der Waals surface area contributed by atoms with Gasteiger partial charge < -0.3 is 9.47 Å². The van der Waals surface area contributed by atoms with Gasteiger partial charge in [0, 0.05) is 12.7 Å². The Hall–Kier alpha value is -2.06. The molecule has 0 spiro atoms. The van der Waals surface area contributed by atoms with Gasteiger partial charge in [0.15, 0.2) is 0 Å². The molecule has 0 radical (unpaired) electrons. The molecule has 0 bridgehead atoms. The molecule has 1 aromatic heterocycles. The molecule has 0 saturated heterocycles. The number of hydrogen-bond acceptors (Lipinski definition) is 6. The van der Waals surface area contributed by atoms with Crippen LogP contribution in [-0.2, 0) is 34.6 Å². The number of aryl methyl sites for hydroxylation is 1. The predicted octanol–water partition coefficient (Wildman–Crippen LogP) is 1.79. The Morgan fingerprint density at radius 3 is 2.39 bits per heavy atom. The zero-order valence-electron chi connectivity index (χ0n) is 13.6. The first-order valence-corrected chi connectivity index (χ1v) is 8.74. The van der Waals surface area contributed by atoms with Crippen molar-refractivity contribution in [2.45, 2.75) is 20.1 Å². The van der Waals surface area contributed by atoms with Gasteiger partial charge in [0.05, 0.1) is 25.5 Å². The van der Waals surface area contributed by atoms with E-state index in [1.807, 2.05) is 31.2 Å². The summed E-state index contributed by atoms with van der Waals surface area (Å²) >= 11 is 0. The summed E-state index contributed by atoms with van der Waals surface area (Å²) in [5.74, 6) is 1.13. The van der Waals surface area contributed by atoms with Crippen LogP contribution in [0, 0.1) is 6.92 Å². The van der Waals surface area contributed by atoms with Crippen molar-refractivity contribution in [1.82, 2.24) is 9.78 Å². The van der Waals surface area contributed by atoms with Crippen LogP contribution in [0.2, 0.25) is 0 Å². The van der Waals surface area contributed by atoms with Gasteiger partial charge in [-0.1, -0.05) is 12.1 Å². The van der Waals surface area contributed by atoms with Crippen LogP contribution in [0.15, 0.2) is 24.3 Å². The summed E-state index contributed by atoms with van der Waals surface area (Å²) in [6, 6.07) is 7.47. The molecule has 0 saturated carbocycles. The van der Waals surface area contributed by atoms with Crippen LogP contribution in [-0.4, -0.2) is 31.6 Å². The Morgan fingerprint density at radius 2 is 1.83 bits per heavy atom. The highest BCUT2D eigenvalue weighted by molar-refractivity contribution is 7.85.